The predicted octanol–water partition coefficient (Wildman–Crippen LogP) is 1.32. The van der Waals surface area contributed by atoms with Crippen molar-refractivity contribution in [1.82, 2.24) is 0 Å². The maximum absolute atomic E-state index is 10.8. The number of aliphatic hydroxyl groups excluding tert-OH is 1. The number of ether oxygens (including phenoxy) is 22. The summed E-state index contributed by atoms with van der Waals surface area (Å²) in [5.74, 6) is -1.02. The molecule has 26 nitrogen and oxygen atoms in total. The molecule has 0 aliphatic carbocycles. The number of aliphatic hydroxyl groups is 1. The van der Waals surface area contributed by atoms with Gasteiger partial charge < -0.3 is 109 Å². The van der Waals surface area contributed by atoms with E-state index in [1.807, 2.05) is 0 Å². The second kappa shape index (κ2) is 77.2. The van der Waals surface area contributed by atoms with Crippen LogP contribution in [0.3, 0.4) is 0 Å². The Morgan fingerprint density at radius 2 is 0.430 bits per heavy atom. The molecular formula is C52H97ClO26. The van der Waals surface area contributed by atoms with E-state index in [1.54, 1.807) is 7.11 Å². The highest BCUT2D eigenvalue weighted by Crippen LogP contribution is 1.90. The number of hydrogen-bond donors (Lipinski definition) is 1. The van der Waals surface area contributed by atoms with E-state index in [0.29, 0.717) is 250 Å². The highest BCUT2D eigenvalue weighted by atomic mass is 35.5. The molecular weight excluding hydrogens is 1080 g/mol. The van der Waals surface area contributed by atoms with Crippen LogP contribution in [0.5, 0.6) is 0 Å². The fraction of sp³-hybridized carbons (Fsp3) is 0.827. The Morgan fingerprint density at radius 3 is 0.582 bits per heavy atom. The van der Waals surface area contributed by atoms with E-state index in [4.69, 9.17) is 116 Å². The second-order valence-corrected chi connectivity index (χ2v) is 14.9. The molecule has 0 fully saturated rings. The molecule has 0 aliphatic heterocycles. The quantitative estimate of drug-likeness (QED) is 0.0296. The van der Waals surface area contributed by atoms with Gasteiger partial charge in [-0.05, 0) is 0 Å². The van der Waals surface area contributed by atoms with Crippen molar-refractivity contribution in [3.8, 4) is 0 Å². The molecule has 0 saturated heterocycles. The lowest BCUT2D eigenvalue weighted by Gasteiger charge is -2.09. The van der Waals surface area contributed by atoms with Crippen molar-refractivity contribution in [3.05, 3.63) is 38.0 Å². The molecule has 1 N–H and O–H groups in total. The van der Waals surface area contributed by atoms with Crippen LogP contribution in [0.15, 0.2) is 38.0 Å². The Hall–Kier alpha value is -2.88. The lowest BCUT2D eigenvalue weighted by atomic mass is 10.6. The molecule has 0 aromatic rings. The number of hydrogen-bond acceptors (Lipinski definition) is 26. The van der Waals surface area contributed by atoms with Crippen LogP contribution >= 0.6 is 11.6 Å². The summed E-state index contributed by atoms with van der Waals surface area (Å²) in [5, 5.41) is 8.53. The summed E-state index contributed by atoms with van der Waals surface area (Å²) in [7, 11) is 1.64. The van der Waals surface area contributed by atoms with Gasteiger partial charge in [0.1, 0.15) is 19.8 Å². The third kappa shape index (κ3) is 81.7. The Balaban J connectivity index is -0.00000134. The first-order valence-electron chi connectivity index (χ1n) is 26.4. The lowest BCUT2D eigenvalue weighted by molar-refractivity contribution is -0.140. The number of halogens is 1. The molecule has 0 aromatic carbocycles. The summed E-state index contributed by atoms with van der Waals surface area (Å²) in [6, 6.07) is 0. The molecule has 27 heteroatoms. The van der Waals surface area contributed by atoms with Crippen LogP contribution in [-0.4, -0.2) is 307 Å². The van der Waals surface area contributed by atoms with E-state index in [9.17, 15) is 14.4 Å². The smallest absolute Gasteiger partial charge is 0.330 e. The van der Waals surface area contributed by atoms with E-state index in [2.05, 4.69) is 24.5 Å². The van der Waals surface area contributed by atoms with Gasteiger partial charge in [0.2, 0.25) is 0 Å². The Labute approximate surface area is 473 Å². The predicted molar refractivity (Wildman–Crippen MR) is 288 cm³/mol. The number of alkyl halides is 1. The molecule has 0 amide bonds. The molecule has 0 aliphatic rings. The van der Waals surface area contributed by atoms with Crippen LogP contribution in [0.25, 0.3) is 0 Å². The number of rotatable bonds is 64. The largest absolute Gasteiger partial charge is 0.461 e. The van der Waals surface area contributed by atoms with Crippen molar-refractivity contribution in [1.29, 1.82) is 0 Å². The van der Waals surface area contributed by atoms with E-state index < -0.39 is 17.9 Å². The van der Waals surface area contributed by atoms with Gasteiger partial charge in [-0.1, -0.05) is 19.7 Å². The summed E-state index contributed by atoms with van der Waals surface area (Å²) in [6.45, 7) is 28.4. The molecule has 0 heterocycles. The van der Waals surface area contributed by atoms with Gasteiger partial charge in [-0.15, -0.1) is 11.6 Å². The monoisotopic (exact) mass is 1170 g/mol. The third-order valence-electron chi connectivity index (χ3n) is 8.39. The van der Waals surface area contributed by atoms with Crippen molar-refractivity contribution in [2.75, 3.05) is 284 Å². The minimum atomic E-state index is -0.463. The third-order valence-corrected chi connectivity index (χ3v) is 8.54. The minimum Gasteiger partial charge on any atom is -0.461 e. The normalized spacial score (nSPS) is 10.8. The van der Waals surface area contributed by atoms with Crippen LogP contribution in [-0.2, 0) is 119 Å². The maximum Gasteiger partial charge on any atom is 0.330 e. The van der Waals surface area contributed by atoms with E-state index >= 15 is 0 Å². The summed E-state index contributed by atoms with van der Waals surface area (Å²) in [6.07, 6.45) is 3.32. The summed E-state index contributed by atoms with van der Waals surface area (Å²) < 4.78 is 115. The van der Waals surface area contributed by atoms with Crippen LogP contribution in [0.2, 0.25) is 0 Å². The highest BCUT2D eigenvalue weighted by molar-refractivity contribution is 6.18. The second-order valence-electron chi connectivity index (χ2n) is 14.5. The molecule has 468 valence electrons. The first-order chi connectivity index (χ1) is 38.9. The number of methoxy groups -OCH3 is 1. The van der Waals surface area contributed by atoms with Gasteiger partial charge in [0.05, 0.1) is 257 Å². The Kier molecular flexibility index (Phi) is 78.5. The van der Waals surface area contributed by atoms with Crippen molar-refractivity contribution < 1.29 is 124 Å². The minimum absolute atomic E-state index is 0.0322. The van der Waals surface area contributed by atoms with E-state index in [1.165, 1.54) is 0 Å². The van der Waals surface area contributed by atoms with Gasteiger partial charge >= 0.3 is 17.9 Å². The van der Waals surface area contributed by atoms with Crippen LogP contribution in [0.1, 0.15) is 0 Å². The molecule has 0 saturated carbocycles. The van der Waals surface area contributed by atoms with Crippen molar-refractivity contribution in [2.45, 2.75) is 0 Å². The molecule has 0 aromatic heterocycles. The van der Waals surface area contributed by atoms with Gasteiger partial charge in [-0.3, -0.25) is 0 Å². The van der Waals surface area contributed by atoms with Crippen molar-refractivity contribution in [2.24, 2.45) is 0 Å². The van der Waals surface area contributed by atoms with Gasteiger partial charge in [0.25, 0.3) is 0 Å². The average Bonchev–Trinajstić information content (AvgIpc) is 3.46. The zero-order valence-electron chi connectivity index (χ0n) is 47.1. The van der Waals surface area contributed by atoms with Crippen molar-refractivity contribution >= 4 is 29.5 Å². The average molecular weight is 1170 g/mol. The molecule has 0 rings (SSSR count). The molecule has 0 radical (unpaired) electrons. The topological polar surface area (TPSA) is 274 Å². The van der Waals surface area contributed by atoms with Gasteiger partial charge in [-0.25, -0.2) is 14.4 Å². The fourth-order valence-corrected chi connectivity index (χ4v) is 4.73. The van der Waals surface area contributed by atoms with Crippen LogP contribution in [0.4, 0.5) is 0 Å². The maximum atomic E-state index is 10.8. The van der Waals surface area contributed by atoms with Gasteiger partial charge in [0.15, 0.2) is 0 Å². The molecule has 0 unspecified atom stereocenters. The van der Waals surface area contributed by atoms with Crippen LogP contribution in [0, 0.1) is 0 Å². The Morgan fingerprint density at radius 1 is 0.278 bits per heavy atom. The first-order valence-corrected chi connectivity index (χ1v) is 26.9. The van der Waals surface area contributed by atoms with Crippen LogP contribution < -0.4 is 0 Å². The molecule has 0 spiro atoms. The fourth-order valence-electron chi connectivity index (χ4n) is 4.65. The summed E-state index contributed by atoms with van der Waals surface area (Å²) in [5.41, 5.74) is 0. The van der Waals surface area contributed by atoms with E-state index in [-0.39, 0.29) is 26.4 Å². The molecule has 79 heavy (non-hydrogen) atoms. The first kappa shape index (κ1) is 80.3. The SMILES string of the molecule is C=CC(=O)OCCCl.C=CC(=O)OCCOCCOCCOCCOCCOCCOCCOCCOCCOCCOCCOC(=O)C=C.COCCOCCOCCOCCOCCOCCOCCOCCOCCO. The highest BCUT2D eigenvalue weighted by Gasteiger charge is 2.00. The summed E-state index contributed by atoms with van der Waals surface area (Å²) in [4.78, 5) is 31.8. The summed E-state index contributed by atoms with van der Waals surface area (Å²) >= 11 is 5.19. The number of esters is 3. The number of carbonyl (C=O) groups excluding carboxylic acids is 3. The zero-order chi connectivity index (χ0) is 58.1. The molecule has 0 atom stereocenters. The van der Waals surface area contributed by atoms with Gasteiger partial charge in [0, 0.05) is 25.3 Å². The van der Waals surface area contributed by atoms with Gasteiger partial charge in [-0.2, -0.15) is 0 Å². The lowest BCUT2D eigenvalue weighted by Crippen LogP contribution is -2.15. The standard InChI is InChI=1S/C28H50O14.C19H40O10.C5H7ClO2/c1-3-27(29)41-25-23-39-21-19-37-17-15-35-13-11-33-9-7-31-5-6-32-8-10-34-12-14-36-16-18-38-20-22-40-24-26-42-28(30)4-2;1-21-4-5-23-8-9-25-12-13-27-16-17-29-19-18-28-15-14-26-11-10-24-7-6-22-3-2-20;1-2-5(7)8-4-3-6/h3-4H,1-2,5-26H2;20H,2-19H2,1H3;2H,1,3-4H2. The van der Waals surface area contributed by atoms with E-state index in [0.717, 1.165) is 18.2 Å². The zero-order valence-corrected chi connectivity index (χ0v) is 47.8. The number of carbonyl (C=O) groups is 3. The molecule has 0 bridgehead atoms. The Bertz CT molecular complexity index is 1170. The van der Waals surface area contributed by atoms with Crippen molar-refractivity contribution in [3.63, 3.8) is 0 Å².